The average Bonchev–Trinajstić information content (AvgIpc) is 2.41. The number of hydrogen-bond acceptors (Lipinski definition) is 1. The van der Waals surface area contributed by atoms with Gasteiger partial charge in [-0.05, 0) is 73.5 Å². The van der Waals surface area contributed by atoms with Gasteiger partial charge in [0, 0.05) is 12.6 Å². The number of halogens is 2. The van der Waals surface area contributed by atoms with Crippen molar-refractivity contribution >= 4 is 11.6 Å². The van der Waals surface area contributed by atoms with Crippen molar-refractivity contribution in [1.29, 1.82) is 0 Å². The summed E-state index contributed by atoms with van der Waals surface area (Å²) in [7, 11) is 0. The summed E-state index contributed by atoms with van der Waals surface area (Å²) in [6.45, 7) is 0.765. The number of rotatable bonds is 3. The van der Waals surface area contributed by atoms with Crippen LogP contribution in [-0.2, 0) is 6.54 Å². The van der Waals surface area contributed by atoms with E-state index in [1.807, 2.05) is 6.07 Å². The molecule has 108 valence electrons. The van der Waals surface area contributed by atoms with Crippen LogP contribution >= 0.6 is 11.6 Å². The van der Waals surface area contributed by atoms with Gasteiger partial charge in [-0.25, -0.2) is 4.39 Å². The zero-order valence-electron chi connectivity index (χ0n) is 11.6. The van der Waals surface area contributed by atoms with Crippen molar-refractivity contribution in [2.45, 2.75) is 44.7 Å². The molecule has 20 heavy (non-hydrogen) atoms. The lowest BCUT2D eigenvalue weighted by atomic mass is 9.54. The quantitative estimate of drug-likeness (QED) is 0.871. The van der Waals surface area contributed by atoms with E-state index in [2.05, 4.69) is 5.32 Å². The Morgan fingerprint density at radius 1 is 1.05 bits per heavy atom. The van der Waals surface area contributed by atoms with Gasteiger partial charge in [0.1, 0.15) is 5.82 Å². The molecule has 1 nitrogen and oxygen atoms in total. The molecule has 0 amide bonds. The van der Waals surface area contributed by atoms with Gasteiger partial charge in [0.25, 0.3) is 0 Å². The third-order valence-corrected chi connectivity index (χ3v) is 6.06. The maximum atomic E-state index is 13.5. The van der Waals surface area contributed by atoms with Gasteiger partial charge in [-0.2, -0.15) is 0 Å². The molecule has 0 saturated heterocycles. The van der Waals surface area contributed by atoms with E-state index in [0.29, 0.717) is 6.04 Å². The molecule has 4 aliphatic carbocycles. The van der Waals surface area contributed by atoms with Gasteiger partial charge < -0.3 is 5.32 Å². The predicted octanol–water partition coefficient (Wildman–Crippen LogP) is 4.39. The summed E-state index contributed by atoms with van der Waals surface area (Å²) in [5.41, 5.74) is 1.00. The zero-order chi connectivity index (χ0) is 13.7. The minimum Gasteiger partial charge on any atom is -0.309 e. The van der Waals surface area contributed by atoms with E-state index in [9.17, 15) is 4.39 Å². The Bertz CT molecular complexity index is 488. The van der Waals surface area contributed by atoms with Crippen molar-refractivity contribution in [2.24, 2.45) is 23.7 Å². The highest BCUT2D eigenvalue weighted by Gasteiger charge is 2.47. The van der Waals surface area contributed by atoms with Crippen LogP contribution in [0, 0.1) is 29.5 Å². The maximum absolute atomic E-state index is 13.5. The van der Waals surface area contributed by atoms with Crippen LogP contribution in [0.3, 0.4) is 0 Å². The van der Waals surface area contributed by atoms with E-state index in [1.165, 1.54) is 32.1 Å². The highest BCUT2D eigenvalue weighted by molar-refractivity contribution is 6.30. The van der Waals surface area contributed by atoms with Crippen molar-refractivity contribution < 1.29 is 4.39 Å². The van der Waals surface area contributed by atoms with Gasteiger partial charge in [0.2, 0.25) is 0 Å². The molecule has 0 atom stereocenters. The van der Waals surface area contributed by atoms with Crippen LogP contribution in [0.4, 0.5) is 4.39 Å². The van der Waals surface area contributed by atoms with E-state index < -0.39 is 0 Å². The fourth-order valence-corrected chi connectivity index (χ4v) is 5.26. The van der Waals surface area contributed by atoms with Crippen LogP contribution in [0.1, 0.15) is 37.7 Å². The molecule has 1 aromatic carbocycles. The lowest BCUT2D eigenvalue weighted by Crippen LogP contribution is -2.54. The third-order valence-electron chi connectivity index (χ3n) is 5.75. The molecular formula is C17H21ClFN. The lowest BCUT2D eigenvalue weighted by molar-refractivity contribution is -0.0142. The molecule has 3 heteroatoms. The summed E-state index contributed by atoms with van der Waals surface area (Å²) in [6.07, 6.45) is 7.15. The highest BCUT2D eigenvalue weighted by atomic mass is 35.5. The van der Waals surface area contributed by atoms with Gasteiger partial charge >= 0.3 is 0 Å². The number of nitrogens with one attached hydrogen (secondary N) is 1. The molecule has 0 unspecified atom stereocenters. The molecule has 0 radical (unpaired) electrons. The van der Waals surface area contributed by atoms with Crippen LogP contribution < -0.4 is 5.32 Å². The van der Waals surface area contributed by atoms with Crippen LogP contribution in [0.25, 0.3) is 0 Å². The second-order valence-corrected chi connectivity index (χ2v) is 7.49. The van der Waals surface area contributed by atoms with Gasteiger partial charge in [-0.15, -0.1) is 0 Å². The van der Waals surface area contributed by atoms with Gasteiger partial charge in [0.15, 0.2) is 0 Å². The Kier molecular flexibility index (Phi) is 3.27. The van der Waals surface area contributed by atoms with Crippen LogP contribution in [0.2, 0.25) is 5.02 Å². The first-order valence-electron chi connectivity index (χ1n) is 7.86. The first-order chi connectivity index (χ1) is 9.69. The van der Waals surface area contributed by atoms with Crippen LogP contribution in [0.5, 0.6) is 0 Å². The molecule has 0 aliphatic heterocycles. The molecular weight excluding hydrogens is 273 g/mol. The molecule has 1 N–H and O–H groups in total. The summed E-state index contributed by atoms with van der Waals surface area (Å²) in [5.74, 6) is 3.43. The first-order valence-corrected chi connectivity index (χ1v) is 8.24. The van der Waals surface area contributed by atoms with E-state index in [4.69, 9.17) is 11.6 Å². The number of hydrogen-bond donors (Lipinski definition) is 1. The highest BCUT2D eigenvalue weighted by Crippen LogP contribution is 2.53. The van der Waals surface area contributed by atoms with Gasteiger partial charge in [-0.1, -0.05) is 17.7 Å². The minimum atomic E-state index is -0.309. The van der Waals surface area contributed by atoms with Crippen LogP contribution in [0.15, 0.2) is 18.2 Å². The van der Waals surface area contributed by atoms with E-state index >= 15 is 0 Å². The van der Waals surface area contributed by atoms with E-state index in [-0.39, 0.29) is 10.8 Å². The Labute approximate surface area is 124 Å². The summed E-state index contributed by atoms with van der Waals surface area (Å²) in [6, 6.07) is 5.80. The van der Waals surface area contributed by atoms with Crippen molar-refractivity contribution in [3.63, 3.8) is 0 Å². The molecule has 0 spiro atoms. The largest absolute Gasteiger partial charge is 0.309 e. The van der Waals surface area contributed by atoms with E-state index in [0.717, 1.165) is 35.8 Å². The standard InChI is InChI=1S/C17H21ClFN/c18-15-2-1-10(8-16(15)19)9-20-17-13-4-11-3-12(6-13)7-14(17)5-11/h1-2,8,11-14,17,20H,3-7,9H2. The second kappa shape index (κ2) is 4.99. The van der Waals surface area contributed by atoms with Crippen molar-refractivity contribution in [3.8, 4) is 0 Å². The Morgan fingerprint density at radius 3 is 2.30 bits per heavy atom. The minimum absolute atomic E-state index is 0.211. The van der Waals surface area contributed by atoms with Crippen molar-refractivity contribution in [1.82, 2.24) is 5.32 Å². The third kappa shape index (κ3) is 2.27. The molecule has 0 aromatic heterocycles. The van der Waals surface area contributed by atoms with Gasteiger partial charge in [-0.3, -0.25) is 0 Å². The summed E-state index contributed by atoms with van der Waals surface area (Å²) in [5, 5.41) is 3.93. The molecule has 4 aliphatic rings. The molecule has 4 bridgehead atoms. The smallest absolute Gasteiger partial charge is 0.142 e. The second-order valence-electron chi connectivity index (χ2n) is 7.09. The molecule has 1 aromatic rings. The zero-order valence-corrected chi connectivity index (χ0v) is 12.4. The monoisotopic (exact) mass is 293 g/mol. The molecule has 4 saturated carbocycles. The predicted molar refractivity (Wildman–Crippen MR) is 79.1 cm³/mol. The summed E-state index contributed by atoms with van der Waals surface area (Å²) >= 11 is 5.73. The average molecular weight is 294 g/mol. The molecule has 4 fully saturated rings. The fourth-order valence-electron chi connectivity index (χ4n) is 5.14. The lowest BCUT2D eigenvalue weighted by Gasteiger charge is -2.54. The van der Waals surface area contributed by atoms with E-state index in [1.54, 1.807) is 12.1 Å². The topological polar surface area (TPSA) is 12.0 Å². The first kappa shape index (κ1) is 13.1. The Balaban J connectivity index is 1.43. The fraction of sp³-hybridized carbons (Fsp3) is 0.647. The Hall–Kier alpha value is -0.600. The summed E-state index contributed by atoms with van der Waals surface area (Å²) < 4.78 is 13.5. The SMILES string of the molecule is Fc1cc(CNC2C3CC4CC(C3)CC2C4)ccc1Cl. The van der Waals surface area contributed by atoms with Crippen molar-refractivity contribution in [3.05, 3.63) is 34.6 Å². The number of benzene rings is 1. The van der Waals surface area contributed by atoms with Gasteiger partial charge in [0.05, 0.1) is 5.02 Å². The molecule has 5 rings (SSSR count). The molecule has 0 heterocycles. The normalized spacial score (nSPS) is 38.4. The Morgan fingerprint density at radius 2 is 1.70 bits per heavy atom. The summed E-state index contributed by atoms with van der Waals surface area (Å²) in [4.78, 5) is 0. The van der Waals surface area contributed by atoms with Crippen molar-refractivity contribution in [2.75, 3.05) is 0 Å². The van der Waals surface area contributed by atoms with Crippen LogP contribution in [-0.4, -0.2) is 6.04 Å². The maximum Gasteiger partial charge on any atom is 0.142 e.